The third kappa shape index (κ3) is 2.10. The molecule has 17 heavy (non-hydrogen) atoms. The van der Waals surface area contributed by atoms with E-state index in [0.29, 0.717) is 35.8 Å². The molecule has 0 bridgehead atoms. The van der Waals surface area contributed by atoms with Crippen LogP contribution < -0.4 is 18.9 Å². The van der Waals surface area contributed by atoms with Gasteiger partial charge in [0.05, 0.1) is 14.2 Å². The van der Waals surface area contributed by atoms with Crippen molar-refractivity contribution in [3.8, 4) is 23.0 Å². The average Bonchev–Trinajstić information content (AvgIpc) is 2.83. The molecule has 0 amide bonds. The van der Waals surface area contributed by atoms with Crippen LogP contribution in [0.2, 0.25) is 0 Å². The highest BCUT2D eigenvalue weighted by Gasteiger charge is 2.26. The van der Waals surface area contributed by atoms with E-state index in [1.807, 2.05) is 6.07 Å². The van der Waals surface area contributed by atoms with Crippen molar-refractivity contribution in [1.82, 2.24) is 0 Å². The van der Waals surface area contributed by atoms with Gasteiger partial charge in [0.15, 0.2) is 11.5 Å². The van der Waals surface area contributed by atoms with Gasteiger partial charge in [0.2, 0.25) is 18.3 Å². The van der Waals surface area contributed by atoms with Gasteiger partial charge in [0.25, 0.3) is 0 Å². The Balaban J connectivity index is 2.43. The number of aliphatic hydroxyl groups is 1. The van der Waals surface area contributed by atoms with Crippen molar-refractivity contribution in [3.05, 3.63) is 11.6 Å². The first-order chi connectivity index (χ1) is 8.31. The summed E-state index contributed by atoms with van der Waals surface area (Å²) < 4.78 is 21.3. The number of fused-ring (bicyclic) bond motifs is 1. The molecule has 1 N–H and O–H groups in total. The van der Waals surface area contributed by atoms with Crippen LogP contribution in [0.15, 0.2) is 6.07 Å². The van der Waals surface area contributed by atoms with Crippen LogP contribution >= 0.6 is 0 Å². The molecule has 0 saturated heterocycles. The minimum atomic E-state index is 0.139. The van der Waals surface area contributed by atoms with E-state index >= 15 is 0 Å². The predicted octanol–water partition coefficient (Wildman–Crippen LogP) is 1.36. The first-order valence-electron chi connectivity index (χ1n) is 5.46. The second kappa shape index (κ2) is 5.14. The average molecular weight is 240 g/mol. The molecule has 0 radical (unpaired) electrons. The lowest BCUT2D eigenvalue weighted by Crippen LogP contribution is -1.98. The first-order valence-corrected chi connectivity index (χ1v) is 5.46. The lowest BCUT2D eigenvalue weighted by Gasteiger charge is -2.13. The molecule has 1 aliphatic rings. The molecule has 1 aliphatic heterocycles. The van der Waals surface area contributed by atoms with Crippen molar-refractivity contribution in [3.63, 3.8) is 0 Å². The number of methoxy groups -OCH3 is 2. The molecule has 1 aromatic carbocycles. The Labute approximate surface area is 99.9 Å². The Morgan fingerprint density at radius 3 is 2.65 bits per heavy atom. The summed E-state index contributed by atoms with van der Waals surface area (Å²) >= 11 is 0. The molecule has 1 aromatic rings. The molecule has 5 nitrogen and oxygen atoms in total. The van der Waals surface area contributed by atoms with Crippen LogP contribution in [0, 0.1) is 0 Å². The zero-order valence-electron chi connectivity index (χ0n) is 9.99. The normalized spacial score (nSPS) is 12.6. The maximum absolute atomic E-state index is 8.88. The van der Waals surface area contributed by atoms with Gasteiger partial charge in [-0.05, 0) is 18.9 Å². The van der Waals surface area contributed by atoms with E-state index in [4.69, 9.17) is 24.1 Å². The van der Waals surface area contributed by atoms with Gasteiger partial charge in [-0.15, -0.1) is 0 Å². The quantitative estimate of drug-likeness (QED) is 0.842. The van der Waals surface area contributed by atoms with Crippen molar-refractivity contribution in [2.45, 2.75) is 12.8 Å². The molecular formula is C12H16O5. The number of benzene rings is 1. The number of hydrogen-bond donors (Lipinski definition) is 1. The number of rotatable bonds is 5. The fraction of sp³-hybridized carbons (Fsp3) is 0.500. The fourth-order valence-corrected chi connectivity index (χ4v) is 1.90. The van der Waals surface area contributed by atoms with E-state index in [-0.39, 0.29) is 13.4 Å². The van der Waals surface area contributed by atoms with Crippen LogP contribution in [0.3, 0.4) is 0 Å². The SMILES string of the molecule is COc1cc(CCCO)c(OC)c2c1OCO2. The Kier molecular flexibility index (Phi) is 3.58. The summed E-state index contributed by atoms with van der Waals surface area (Å²) in [5, 5.41) is 8.88. The molecule has 0 unspecified atom stereocenters. The number of ether oxygens (including phenoxy) is 4. The topological polar surface area (TPSA) is 57.2 Å². The highest BCUT2D eigenvalue weighted by Crippen LogP contribution is 2.49. The van der Waals surface area contributed by atoms with Crippen LogP contribution in [0.25, 0.3) is 0 Å². The second-order valence-electron chi connectivity index (χ2n) is 3.66. The van der Waals surface area contributed by atoms with Gasteiger partial charge in [0, 0.05) is 12.2 Å². The van der Waals surface area contributed by atoms with E-state index < -0.39 is 0 Å². The summed E-state index contributed by atoms with van der Waals surface area (Å²) in [7, 11) is 3.17. The fourth-order valence-electron chi connectivity index (χ4n) is 1.90. The Morgan fingerprint density at radius 1 is 1.24 bits per heavy atom. The largest absolute Gasteiger partial charge is 0.493 e. The van der Waals surface area contributed by atoms with Crippen LogP contribution in [0.4, 0.5) is 0 Å². The number of aliphatic hydroxyl groups excluding tert-OH is 1. The molecule has 0 aliphatic carbocycles. The summed E-state index contributed by atoms with van der Waals surface area (Å²) in [6, 6.07) is 1.86. The van der Waals surface area contributed by atoms with Gasteiger partial charge in [-0.2, -0.15) is 0 Å². The summed E-state index contributed by atoms with van der Waals surface area (Å²) in [6.07, 6.45) is 1.37. The van der Waals surface area contributed by atoms with Crippen molar-refractivity contribution in [2.24, 2.45) is 0 Å². The summed E-state index contributed by atoms with van der Waals surface area (Å²) in [6.45, 7) is 0.311. The molecule has 0 spiro atoms. The Hall–Kier alpha value is -1.62. The van der Waals surface area contributed by atoms with Crippen LogP contribution in [-0.2, 0) is 6.42 Å². The molecule has 94 valence electrons. The number of hydrogen-bond acceptors (Lipinski definition) is 5. The first kappa shape index (κ1) is 11.9. The van der Waals surface area contributed by atoms with Crippen molar-refractivity contribution in [2.75, 3.05) is 27.6 Å². The van der Waals surface area contributed by atoms with Crippen molar-refractivity contribution in [1.29, 1.82) is 0 Å². The van der Waals surface area contributed by atoms with E-state index in [2.05, 4.69) is 0 Å². The minimum absolute atomic E-state index is 0.139. The Bertz CT molecular complexity index is 402. The third-order valence-corrected chi connectivity index (χ3v) is 2.67. The summed E-state index contributed by atoms with van der Waals surface area (Å²) in [5.41, 5.74) is 0.947. The summed E-state index contributed by atoms with van der Waals surface area (Å²) in [4.78, 5) is 0. The molecule has 2 rings (SSSR count). The zero-order chi connectivity index (χ0) is 12.3. The predicted molar refractivity (Wildman–Crippen MR) is 61.1 cm³/mol. The molecule has 0 atom stereocenters. The lowest BCUT2D eigenvalue weighted by molar-refractivity contribution is 0.168. The van der Waals surface area contributed by atoms with Gasteiger partial charge in [-0.3, -0.25) is 0 Å². The monoisotopic (exact) mass is 240 g/mol. The minimum Gasteiger partial charge on any atom is -0.493 e. The molecule has 0 saturated carbocycles. The maximum Gasteiger partial charge on any atom is 0.231 e. The molecular weight excluding hydrogens is 224 g/mol. The van der Waals surface area contributed by atoms with Crippen molar-refractivity contribution >= 4 is 0 Å². The lowest BCUT2D eigenvalue weighted by atomic mass is 10.1. The highest BCUT2D eigenvalue weighted by molar-refractivity contribution is 5.63. The van der Waals surface area contributed by atoms with Crippen molar-refractivity contribution < 1.29 is 24.1 Å². The standard InChI is InChI=1S/C12H16O5/c1-14-9-6-8(4-3-5-13)10(15-2)12-11(9)16-7-17-12/h6,13H,3-5,7H2,1-2H3. The van der Waals surface area contributed by atoms with Crippen LogP contribution in [-0.4, -0.2) is 32.7 Å². The van der Waals surface area contributed by atoms with Gasteiger partial charge in [-0.1, -0.05) is 0 Å². The molecule has 0 aromatic heterocycles. The van der Waals surface area contributed by atoms with Gasteiger partial charge < -0.3 is 24.1 Å². The number of aryl methyl sites for hydroxylation is 1. The van der Waals surface area contributed by atoms with E-state index in [1.165, 1.54) is 0 Å². The van der Waals surface area contributed by atoms with Gasteiger partial charge in [-0.25, -0.2) is 0 Å². The van der Waals surface area contributed by atoms with E-state index in [9.17, 15) is 0 Å². The smallest absolute Gasteiger partial charge is 0.231 e. The van der Waals surface area contributed by atoms with Crippen LogP contribution in [0.1, 0.15) is 12.0 Å². The molecule has 1 heterocycles. The molecule has 5 heteroatoms. The highest BCUT2D eigenvalue weighted by atomic mass is 16.7. The third-order valence-electron chi connectivity index (χ3n) is 2.67. The molecule has 0 fully saturated rings. The summed E-state index contributed by atoms with van der Waals surface area (Å²) in [5.74, 6) is 2.45. The Morgan fingerprint density at radius 2 is 2.00 bits per heavy atom. The maximum atomic E-state index is 8.88. The van der Waals surface area contributed by atoms with Crippen LogP contribution in [0.5, 0.6) is 23.0 Å². The zero-order valence-corrected chi connectivity index (χ0v) is 9.99. The van der Waals surface area contributed by atoms with E-state index in [1.54, 1.807) is 14.2 Å². The van der Waals surface area contributed by atoms with Gasteiger partial charge >= 0.3 is 0 Å². The second-order valence-corrected chi connectivity index (χ2v) is 3.66. The van der Waals surface area contributed by atoms with Gasteiger partial charge in [0.1, 0.15) is 0 Å². The van der Waals surface area contributed by atoms with E-state index in [0.717, 1.165) is 5.56 Å².